The molecule has 0 aliphatic carbocycles. The molecule has 0 fully saturated rings. The maximum Gasteiger partial charge on any atom is 0.168 e. The van der Waals surface area contributed by atoms with E-state index in [9.17, 15) is 0 Å². The number of aromatic nitrogens is 3. The zero-order valence-electron chi connectivity index (χ0n) is 9.76. The van der Waals surface area contributed by atoms with Crippen molar-refractivity contribution in [1.82, 2.24) is 14.6 Å². The van der Waals surface area contributed by atoms with Crippen molar-refractivity contribution in [2.45, 2.75) is 6.92 Å². The van der Waals surface area contributed by atoms with Gasteiger partial charge in [0.1, 0.15) is 0 Å². The summed E-state index contributed by atoms with van der Waals surface area (Å²) in [6.45, 7) is 1.94. The number of anilines is 1. The molecule has 0 atom stereocenters. The number of halogens is 1. The Morgan fingerprint density at radius 1 is 1.17 bits per heavy atom. The van der Waals surface area contributed by atoms with Crippen LogP contribution in [0.3, 0.4) is 0 Å². The van der Waals surface area contributed by atoms with Crippen LogP contribution in [-0.2, 0) is 0 Å². The van der Waals surface area contributed by atoms with Crippen molar-refractivity contribution in [3.05, 3.63) is 47.1 Å². The van der Waals surface area contributed by atoms with E-state index in [2.05, 4.69) is 10.2 Å². The lowest BCUT2D eigenvalue weighted by atomic mass is 10.2. The highest BCUT2D eigenvalue weighted by Crippen LogP contribution is 2.24. The van der Waals surface area contributed by atoms with Gasteiger partial charge in [-0.05, 0) is 31.2 Å². The Morgan fingerprint density at radius 2 is 2.00 bits per heavy atom. The minimum Gasteiger partial charge on any atom is -0.397 e. The topological polar surface area (TPSA) is 56.2 Å². The van der Waals surface area contributed by atoms with E-state index in [0.29, 0.717) is 10.7 Å². The lowest BCUT2D eigenvalue weighted by molar-refractivity contribution is 1.08. The Morgan fingerprint density at radius 3 is 2.78 bits per heavy atom. The molecule has 0 amide bonds. The largest absolute Gasteiger partial charge is 0.397 e. The zero-order chi connectivity index (χ0) is 12.7. The lowest BCUT2D eigenvalue weighted by Crippen LogP contribution is -1.99. The number of hydrogen-bond acceptors (Lipinski definition) is 3. The van der Waals surface area contributed by atoms with Crippen molar-refractivity contribution in [2.75, 3.05) is 5.73 Å². The normalized spacial score (nSPS) is 11.0. The van der Waals surface area contributed by atoms with Gasteiger partial charge in [-0.2, -0.15) is 0 Å². The molecule has 0 bridgehead atoms. The van der Waals surface area contributed by atoms with Crippen molar-refractivity contribution in [1.29, 1.82) is 0 Å². The quantitative estimate of drug-likeness (QED) is 0.730. The number of pyridine rings is 1. The fourth-order valence-corrected chi connectivity index (χ4v) is 2.15. The number of nitrogens with zero attached hydrogens (tertiary/aromatic N) is 3. The van der Waals surface area contributed by atoms with Crippen molar-refractivity contribution in [3.8, 4) is 11.4 Å². The second kappa shape index (κ2) is 3.99. The lowest BCUT2D eigenvalue weighted by Gasteiger charge is -2.06. The monoisotopic (exact) mass is 258 g/mol. The molecule has 0 saturated carbocycles. The first-order chi connectivity index (χ1) is 8.66. The van der Waals surface area contributed by atoms with Gasteiger partial charge in [0.05, 0.1) is 5.69 Å². The van der Waals surface area contributed by atoms with Gasteiger partial charge in [0, 0.05) is 16.3 Å². The van der Waals surface area contributed by atoms with Crippen LogP contribution < -0.4 is 5.73 Å². The average molecular weight is 259 g/mol. The van der Waals surface area contributed by atoms with Gasteiger partial charge in [-0.25, -0.2) is 0 Å². The minimum absolute atomic E-state index is 0.672. The average Bonchev–Trinajstić information content (AvgIpc) is 2.78. The second-order valence-corrected chi connectivity index (χ2v) is 4.54. The summed E-state index contributed by atoms with van der Waals surface area (Å²) in [5.74, 6) is 0.748. The summed E-state index contributed by atoms with van der Waals surface area (Å²) >= 11 is 6.00. The minimum atomic E-state index is 0.672. The molecule has 0 aliphatic heterocycles. The van der Waals surface area contributed by atoms with Crippen molar-refractivity contribution in [3.63, 3.8) is 0 Å². The number of nitrogens with two attached hydrogens (primary N) is 1. The molecule has 90 valence electrons. The van der Waals surface area contributed by atoms with E-state index in [4.69, 9.17) is 17.3 Å². The highest BCUT2D eigenvalue weighted by molar-refractivity contribution is 6.30. The molecular weight excluding hydrogens is 248 g/mol. The first kappa shape index (κ1) is 11.0. The molecule has 0 unspecified atom stereocenters. The summed E-state index contributed by atoms with van der Waals surface area (Å²) in [5, 5.41) is 9.02. The molecule has 2 aromatic heterocycles. The van der Waals surface area contributed by atoms with Gasteiger partial charge in [0.15, 0.2) is 11.5 Å². The number of rotatable bonds is 1. The third-order valence-electron chi connectivity index (χ3n) is 2.94. The molecule has 5 heteroatoms. The summed E-state index contributed by atoms with van der Waals surface area (Å²) in [7, 11) is 0. The van der Waals surface area contributed by atoms with Crippen LogP contribution in [-0.4, -0.2) is 14.6 Å². The highest BCUT2D eigenvalue weighted by Gasteiger charge is 2.11. The van der Waals surface area contributed by atoms with E-state index in [1.54, 1.807) is 0 Å². The maximum absolute atomic E-state index is 6.00. The van der Waals surface area contributed by atoms with Gasteiger partial charge in [-0.3, -0.25) is 4.40 Å². The Balaban J connectivity index is 2.33. The first-order valence-electron chi connectivity index (χ1n) is 5.53. The highest BCUT2D eigenvalue weighted by atomic mass is 35.5. The molecule has 0 spiro atoms. The van der Waals surface area contributed by atoms with Crippen LogP contribution in [0.2, 0.25) is 5.02 Å². The molecule has 0 radical (unpaired) electrons. The van der Waals surface area contributed by atoms with Crippen molar-refractivity contribution >= 4 is 22.9 Å². The molecule has 2 heterocycles. The van der Waals surface area contributed by atoms with Gasteiger partial charge < -0.3 is 5.73 Å². The van der Waals surface area contributed by atoms with Gasteiger partial charge in [0.25, 0.3) is 0 Å². The zero-order valence-corrected chi connectivity index (χ0v) is 10.5. The van der Waals surface area contributed by atoms with Gasteiger partial charge in [-0.15, -0.1) is 10.2 Å². The van der Waals surface area contributed by atoms with Crippen molar-refractivity contribution in [2.24, 2.45) is 0 Å². The van der Waals surface area contributed by atoms with Crippen LogP contribution in [0.25, 0.3) is 17.0 Å². The predicted octanol–water partition coefficient (Wildman–Crippen LogP) is 2.94. The summed E-state index contributed by atoms with van der Waals surface area (Å²) in [5.41, 5.74) is 9.25. The molecule has 1 aromatic carbocycles. The fraction of sp³-hybridized carbons (Fsp3) is 0.0769. The summed E-state index contributed by atoms with van der Waals surface area (Å²) in [6, 6.07) is 11.2. The Labute approximate surface area is 109 Å². The SMILES string of the molecule is Cc1c(N)ccc2nnc(-c3cccc(Cl)c3)n12. The number of nitrogen functional groups attached to an aromatic ring is 1. The van der Waals surface area contributed by atoms with Crippen LogP contribution in [0.1, 0.15) is 5.69 Å². The van der Waals surface area contributed by atoms with E-state index in [0.717, 1.165) is 22.7 Å². The summed E-state index contributed by atoms with van der Waals surface area (Å²) in [4.78, 5) is 0. The molecular formula is C13H11ClN4. The predicted molar refractivity (Wildman–Crippen MR) is 72.6 cm³/mol. The molecule has 4 nitrogen and oxygen atoms in total. The van der Waals surface area contributed by atoms with E-state index in [1.807, 2.05) is 47.7 Å². The van der Waals surface area contributed by atoms with Gasteiger partial charge in [-0.1, -0.05) is 23.7 Å². The molecule has 2 N–H and O–H groups in total. The van der Waals surface area contributed by atoms with E-state index in [1.165, 1.54) is 0 Å². The third kappa shape index (κ3) is 1.62. The summed E-state index contributed by atoms with van der Waals surface area (Å²) in [6.07, 6.45) is 0. The summed E-state index contributed by atoms with van der Waals surface area (Å²) < 4.78 is 1.93. The smallest absolute Gasteiger partial charge is 0.168 e. The van der Waals surface area contributed by atoms with E-state index < -0.39 is 0 Å². The Kier molecular flexibility index (Phi) is 2.45. The number of fused-ring (bicyclic) bond motifs is 1. The Bertz CT molecular complexity index is 733. The first-order valence-corrected chi connectivity index (χ1v) is 5.91. The van der Waals surface area contributed by atoms with Crippen molar-refractivity contribution < 1.29 is 0 Å². The molecule has 3 rings (SSSR count). The standard InChI is InChI=1S/C13H11ClN4/c1-8-11(15)5-6-12-16-17-13(18(8)12)9-3-2-4-10(14)7-9/h2-7H,15H2,1H3. The molecule has 18 heavy (non-hydrogen) atoms. The third-order valence-corrected chi connectivity index (χ3v) is 3.17. The van der Waals surface area contributed by atoms with E-state index in [-0.39, 0.29) is 0 Å². The van der Waals surface area contributed by atoms with Crippen LogP contribution >= 0.6 is 11.6 Å². The number of benzene rings is 1. The molecule has 0 aliphatic rings. The maximum atomic E-state index is 6.00. The fourth-order valence-electron chi connectivity index (χ4n) is 1.96. The molecule has 0 saturated heterocycles. The number of hydrogen-bond donors (Lipinski definition) is 1. The van der Waals surface area contributed by atoms with Crippen LogP contribution in [0.4, 0.5) is 5.69 Å². The van der Waals surface area contributed by atoms with E-state index >= 15 is 0 Å². The Hall–Kier alpha value is -2.07. The number of aryl methyl sites for hydroxylation is 1. The van der Waals surface area contributed by atoms with Crippen LogP contribution in [0.15, 0.2) is 36.4 Å². The van der Waals surface area contributed by atoms with Crippen LogP contribution in [0, 0.1) is 6.92 Å². The van der Waals surface area contributed by atoms with Gasteiger partial charge >= 0.3 is 0 Å². The van der Waals surface area contributed by atoms with Crippen LogP contribution in [0.5, 0.6) is 0 Å². The molecule has 3 aromatic rings. The van der Waals surface area contributed by atoms with Gasteiger partial charge in [0.2, 0.25) is 0 Å². The second-order valence-electron chi connectivity index (χ2n) is 4.10.